The maximum absolute atomic E-state index is 4.08. The summed E-state index contributed by atoms with van der Waals surface area (Å²) in [5.41, 5.74) is 1.80. The maximum Gasteiger partial charge on any atom is 0.0770 e. The molecular formula is C31H62N2P2Si2. The van der Waals surface area contributed by atoms with Crippen LogP contribution in [0.2, 0.25) is 39.3 Å². The van der Waals surface area contributed by atoms with E-state index < -0.39 is 16.1 Å². The lowest BCUT2D eigenvalue weighted by atomic mass is 9.74. The van der Waals surface area contributed by atoms with Gasteiger partial charge in [0.25, 0.3) is 0 Å². The van der Waals surface area contributed by atoms with Gasteiger partial charge in [-0.25, -0.2) is 0 Å². The Balaban J connectivity index is 2.25. The Hall–Kier alpha value is 0.694. The molecule has 4 atom stereocenters. The van der Waals surface area contributed by atoms with Crippen LogP contribution >= 0.6 is 17.2 Å². The summed E-state index contributed by atoms with van der Waals surface area (Å²) in [5, 5.41) is 12.7. The summed E-state index contributed by atoms with van der Waals surface area (Å²) >= 11 is 0. The van der Waals surface area contributed by atoms with Gasteiger partial charge in [0.15, 0.2) is 0 Å². The topological polar surface area (TPSA) is 24.1 Å². The van der Waals surface area contributed by atoms with Crippen LogP contribution in [0.1, 0.15) is 80.1 Å². The molecule has 4 unspecified atom stereocenters. The minimum absolute atomic E-state index is 0.0918. The van der Waals surface area contributed by atoms with Crippen LogP contribution in [0.4, 0.5) is 0 Å². The molecule has 6 heteroatoms. The fraction of sp³-hybridized carbons (Fsp3) is 0.871. The van der Waals surface area contributed by atoms with Crippen molar-refractivity contribution >= 4 is 33.3 Å². The zero-order valence-electron chi connectivity index (χ0n) is 26.7. The number of piperidine rings is 2. The van der Waals surface area contributed by atoms with Crippen molar-refractivity contribution < 1.29 is 0 Å². The molecule has 2 aliphatic heterocycles. The molecule has 3 aliphatic rings. The van der Waals surface area contributed by atoms with Gasteiger partial charge in [0.2, 0.25) is 0 Å². The van der Waals surface area contributed by atoms with E-state index in [-0.39, 0.29) is 13.1 Å². The highest BCUT2D eigenvalue weighted by atomic mass is 31.1. The molecule has 0 amide bonds. The van der Waals surface area contributed by atoms with Gasteiger partial charge in [0.1, 0.15) is 0 Å². The SMILES string of the molecule is CC(C)(C)P(CC1C(C(P)(C2CCCCN2)C2CCCCN2)=CC([Si](C)(C)C)=C1[Si](C)(C)C)C(C)(C)C. The van der Waals surface area contributed by atoms with Crippen LogP contribution < -0.4 is 10.6 Å². The maximum atomic E-state index is 4.08. The van der Waals surface area contributed by atoms with Crippen molar-refractivity contribution in [2.45, 2.75) is 147 Å². The average molecular weight is 581 g/mol. The van der Waals surface area contributed by atoms with Gasteiger partial charge >= 0.3 is 0 Å². The molecular weight excluding hydrogens is 518 g/mol. The molecule has 0 saturated carbocycles. The lowest BCUT2D eigenvalue weighted by molar-refractivity contribution is 0.255. The van der Waals surface area contributed by atoms with E-state index in [1.54, 1.807) is 5.57 Å². The van der Waals surface area contributed by atoms with Gasteiger partial charge in [-0.15, -0.1) is 9.24 Å². The van der Waals surface area contributed by atoms with Gasteiger partial charge in [-0.2, -0.15) is 0 Å². The smallest absolute Gasteiger partial charge is 0.0770 e. The summed E-state index contributed by atoms with van der Waals surface area (Å²) in [5.74, 6) is 0.614. The summed E-state index contributed by atoms with van der Waals surface area (Å²) in [4.78, 5) is 0. The fourth-order valence-corrected chi connectivity index (χ4v) is 18.6. The first-order valence-corrected chi connectivity index (χ1v) is 24.4. The molecule has 3 rings (SSSR count). The minimum atomic E-state index is -1.54. The van der Waals surface area contributed by atoms with Crippen molar-refractivity contribution in [2.24, 2.45) is 5.92 Å². The normalized spacial score (nSPS) is 28.5. The first-order chi connectivity index (χ1) is 16.8. The van der Waals surface area contributed by atoms with E-state index >= 15 is 0 Å². The lowest BCUT2D eigenvalue weighted by Crippen LogP contribution is -2.62. The van der Waals surface area contributed by atoms with Crippen LogP contribution in [0.3, 0.4) is 0 Å². The van der Waals surface area contributed by atoms with Crippen LogP contribution in [-0.4, -0.2) is 63.0 Å². The summed E-state index contributed by atoms with van der Waals surface area (Å²) in [6, 6.07) is 1.10. The Labute approximate surface area is 237 Å². The van der Waals surface area contributed by atoms with Crippen LogP contribution in [0.15, 0.2) is 22.0 Å². The van der Waals surface area contributed by atoms with Crippen molar-refractivity contribution in [1.29, 1.82) is 0 Å². The van der Waals surface area contributed by atoms with Crippen LogP contribution in [0, 0.1) is 5.92 Å². The van der Waals surface area contributed by atoms with Gasteiger partial charge in [-0.1, -0.05) is 124 Å². The van der Waals surface area contributed by atoms with E-state index in [0.717, 1.165) is 0 Å². The Morgan fingerprint density at radius 2 is 1.24 bits per heavy atom. The predicted octanol–water partition coefficient (Wildman–Crippen LogP) is 8.57. The highest BCUT2D eigenvalue weighted by molar-refractivity contribution is 7.60. The van der Waals surface area contributed by atoms with E-state index in [1.807, 2.05) is 10.4 Å². The van der Waals surface area contributed by atoms with Crippen molar-refractivity contribution in [1.82, 2.24) is 10.6 Å². The van der Waals surface area contributed by atoms with E-state index in [9.17, 15) is 0 Å². The predicted molar refractivity (Wildman–Crippen MR) is 180 cm³/mol. The first-order valence-electron chi connectivity index (χ1n) is 15.3. The number of nitrogens with one attached hydrogen (secondary N) is 2. The summed E-state index contributed by atoms with van der Waals surface area (Å²) in [7, 11) is 0.349. The Bertz CT molecular complexity index is 824. The number of hydrogen-bond acceptors (Lipinski definition) is 2. The van der Waals surface area contributed by atoms with Crippen molar-refractivity contribution in [3.05, 3.63) is 22.0 Å². The van der Waals surface area contributed by atoms with Crippen molar-refractivity contribution in [3.8, 4) is 0 Å². The Morgan fingerprint density at radius 3 is 1.57 bits per heavy atom. The molecule has 0 aromatic rings. The van der Waals surface area contributed by atoms with E-state index in [0.29, 0.717) is 28.3 Å². The highest BCUT2D eigenvalue weighted by Gasteiger charge is 2.53. The Kier molecular flexibility index (Phi) is 10.0. The molecule has 0 spiro atoms. The third-order valence-corrected chi connectivity index (χ3v) is 18.8. The second-order valence-electron chi connectivity index (χ2n) is 16.4. The van der Waals surface area contributed by atoms with Crippen LogP contribution in [0.5, 0.6) is 0 Å². The third kappa shape index (κ3) is 7.13. The van der Waals surface area contributed by atoms with Gasteiger partial charge in [0, 0.05) is 23.2 Å². The first kappa shape index (κ1) is 32.2. The minimum Gasteiger partial charge on any atom is -0.313 e. The molecule has 2 saturated heterocycles. The fourth-order valence-electron chi connectivity index (χ4n) is 7.74. The summed E-state index contributed by atoms with van der Waals surface area (Å²) in [6.07, 6.45) is 12.2. The molecule has 0 aromatic carbocycles. The van der Waals surface area contributed by atoms with Gasteiger partial charge in [-0.05, 0) is 55.2 Å². The largest absolute Gasteiger partial charge is 0.313 e. The van der Waals surface area contributed by atoms with E-state index in [4.69, 9.17) is 0 Å². The third-order valence-electron chi connectivity index (χ3n) is 9.19. The van der Waals surface area contributed by atoms with E-state index in [1.165, 1.54) is 57.8 Å². The molecule has 1 aliphatic carbocycles. The molecule has 214 valence electrons. The quantitative estimate of drug-likeness (QED) is 0.233. The monoisotopic (exact) mass is 580 g/mol. The molecule has 2 nitrogen and oxygen atoms in total. The van der Waals surface area contributed by atoms with Gasteiger partial charge in [-0.3, -0.25) is 0 Å². The molecule has 0 aromatic heterocycles. The summed E-state index contributed by atoms with van der Waals surface area (Å²) in [6.45, 7) is 33.3. The number of rotatable bonds is 7. The average Bonchev–Trinajstić information content (AvgIpc) is 3.17. The molecule has 0 bridgehead atoms. The van der Waals surface area contributed by atoms with Crippen molar-refractivity contribution in [2.75, 3.05) is 19.3 Å². The molecule has 37 heavy (non-hydrogen) atoms. The van der Waals surface area contributed by atoms with Gasteiger partial charge in [0.05, 0.1) is 16.1 Å². The van der Waals surface area contributed by atoms with Crippen LogP contribution in [0.25, 0.3) is 0 Å². The second kappa shape index (κ2) is 11.5. The second-order valence-corrected chi connectivity index (χ2v) is 31.3. The molecule has 2 heterocycles. The Morgan fingerprint density at radius 1 is 0.784 bits per heavy atom. The zero-order valence-corrected chi connectivity index (χ0v) is 30.7. The highest BCUT2D eigenvalue weighted by Crippen LogP contribution is 2.64. The van der Waals surface area contributed by atoms with Crippen LogP contribution in [-0.2, 0) is 0 Å². The molecule has 2 fully saturated rings. The number of hydrogen-bond donors (Lipinski definition) is 2. The standard InChI is InChI=1S/C31H62N2P2Si2/c1-29(2,3)35(30(4,5)6)22-23-24(21-25(36(7,8)9)28(23)37(10,11)12)31(34,26-17-13-15-19-32-26)27-18-14-16-20-33-27/h21,23,26-27,32-33H,13-20,22,34H2,1-12H3. The number of allylic oxidation sites excluding steroid dienone is 3. The van der Waals surface area contributed by atoms with E-state index in [2.05, 4.69) is 107 Å². The lowest BCUT2D eigenvalue weighted by Gasteiger charge is -2.52. The zero-order chi connectivity index (χ0) is 28.0. The van der Waals surface area contributed by atoms with Crippen molar-refractivity contribution in [3.63, 3.8) is 0 Å². The molecule has 2 N–H and O–H groups in total. The van der Waals surface area contributed by atoms with Gasteiger partial charge < -0.3 is 10.6 Å². The summed E-state index contributed by atoms with van der Waals surface area (Å²) < 4.78 is 0. The molecule has 0 radical (unpaired) electrons.